The minimum absolute atomic E-state index is 0.493. The van der Waals surface area contributed by atoms with Crippen molar-refractivity contribution in [1.82, 2.24) is 19.6 Å². The Hall–Kier alpha value is -2.48. The molecule has 1 fully saturated rings. The van der Waals surface area contributed by atoms with Gasteiger partial charge in [-0.3, -0.25) is 0 Å². The molecule has 4 rings (SSSR count). The number of benzene rings is 1. The molecule has 1 aromatic carbocycles. The molecule has 2 heterocycles. The third-order valence-electron chi connectivity index (χ3n) is 4.67. The van der Waals surface area contributed by atoms with Gasteiger partial charge in [-0.15, -0.1) is 0 Å². The highest BCUT2D eigenvalue weighted by molar-refractivity contribution is 7.91. The molecule has 2 aromatic heterocycles. The van der Waals surface area contributed by atoms with E-state index in [1.165, 1.54) is 12.6 Å². The van der Waals surface area contributed by atoms with Crippen molar-refractivity contribution in [3.63, 3.8) is 0 Å². The van der Waals surface area contributed by atoms with Gasteiger partial charge in [0, 0.05) is 43.1 Å². The quantitative estimate of drug-likeness (QED) is 0.746. The summed E-state index contributed by atoms with van der Waals surface area (Å²) in [4.78, 5) is 11.7. The van der Waals surface area contributed by atoms with Crippen LogP contribution in [-0.2, 0) is 16.1 Å². The first kappa shape index (κ1) is 17.0. The molecule has 136 valence electrons. The number of aromatic nitrogens is 4. The predicted octanol–water partition coefficient (Wildman–Crippen LogP) is 2.69. The van der Waals surface area contributed by atoms with Crippen LogP contribution < -0.4 is 4.90 Å². The Kier molecular flexibility index (Phi) is 3.95. The number of hydrogen-bond acceptors (Lipinski definition) is 6. The van der Waals surface area contributed by atoms with Gasteiger partial charge in [-0.25, -0.2) is 14.0 Å². The lowest BCUT2D eigenvalue weighted by molar-refractivity contribution is 0.679. The van der Waals surface area contributed by atoms with Crippen LogP contribution in [0.2, 0.25) is 0 Å². The SMILES string of the molecule is CN(C)c1c(Cc2ccc(S(C)(=N)=O)cc2)c(C2CC2)nc2ncnn12. The molecular weight excluding hydrogens is 348 g/mol. The average Bonchev–Trinajstić information content (AvgIpc) is 3.31. The van der Waals surface area contributed by atoms with Crippen molar-refractivity contribution in [3.8, 4) is 0 Å². The minimum Gasteiger partial charge on any atom is -0.362 e. The molecule has 1 atom stereocenters. The lowest BCUT2D eigenvalue weighted by atomic mass is 10.0. The van der Waals surface area contributed by atoms with Gasteiger partial charge in [0.05, 0.1) is 15.4 Å². The normalized spacial score (nSPS) is 16.6. The van der Waals surface area contributed by atoms with Gasteiger partial charge in [-0.2, -0.15) is 14.6 Å². The Labute approximate surface area is 153 Å². The first-order valence-corrected chi connectivity index (χ1v) is 10.5. The van der Waals surface area contributed by atoms with Crippen LogP contribution in [0, 0.1) is 4.78 Å². The third-order valence-corrected chi connectivity index (χ3v) is 5.84. The zero-order valence-corrected chi connectivity index (χ0v) is 16.0. The number of hydrogen-bond donors (Lipinski definition) is 1. The second kappa shape index (κ2) is 6.05. The Morgan fingerprint density at radius 2 is 1.96 bits per heavy atom. The molecule has 1 unspecified atom stereocenters. The summed E-state index contributed by atoms with van der Waals surface area (Å²) in [6.07, 6.45) is 6.02. The standard InChI is InChI=1S/C18H22N6OS/c1-23(2)17-15(10-12-4-8-14(9-5-12)26(3,19)25)16(13-6-7-13)22-18-20-11-21-24(17)18/h4-5,8-9,11,13,19H,6-7,10H2,1-3H3. The van der Waals surface area contributed by atoms with Crippen LogP contribution in [0.25, 0.3) is 5.78 Å². The summed E-state index contributed by atoms with van der Waals surface area (Å²) in [5.74, 6) is 2.13. The van der Waals surface area contributed by atoms with Crippen LogP contribution in [0.1, 0.15) is 35.6 Å². The molecule has 1 N–H and O–H groups in total. The number of nitrogens with one attached hydrogen (secondary N) is 1. The van der Waals surface area contributed by atoms with Crippen LogP contribution in [0.3, 0.4) is 0 Å². The smallest absolute Gasteiger partial charge is 0.254 e. The Bertz CT molecular complexity index is 1070. The van der Waals surface area contributed by atoms with Gasteiger partial charge >= 0.3 is 0 Å². The summed E-state index contributed by atoms with van der Waals surface area (Å²) in [6, 6.07) is 7.49. The van der Waals surface area contributed by atoms with E-state index in [0.717, 1.165) is 35.5 Å². The van der Waals surface area contributed by atoms with Crippen molar-refractivity contribution in [3.05, 3.63) is 47.4 Å². The highest BCUT2D eigenvalue weighted by Crippen LogP contribution is 2.43. The lowest BCUT2D eigenvalue weighted by Crippen LogP contribution is -2.19. The fourth-order valence-electron chi connectivity index (χ4n) is 3.27. The van der Waals surface area contributed by atoms with Crippen LogP contribution in [-0.4, -0.2) is 44.1 Å². The van der Waals surface area contributed by atoms with E-state index < -0.39 is 9.73 Å². The van der Waals surface area contributed by atoms with Gasteiger partial charge in [0.15, 0.2) is 0 Å². The van der Waals surface area contributed by atoms with Gasteiger partial charge in [0.25, 0.3) is 5.78 Å². The lowest BCUT2D eigenvalue weighted by Gasteiger charge is -2.21. The van der Waals surface area contributed by atoms with E-state index in [9.17, 15) is 4.21 Å². The number of rotatable bonds is 5. The van der Waals surface area contributed by atoms with E-state index in [1.807, 2.05) is 26.2 Å². The van der Waals surface area contributed by atoms with Crippen molar-refractivity contribution < 1.29 is 4.21 Å². The minimum atomic E-state index is -2.69. The van der Waals surface area contributed by atoms with E-state index in [4.69, 9.17) is 9.76 Å². The molecule has 0 aliphatic heterocycles. The number of nitrogens with zero attached hydrogens (tertiary/aromatic N) is 5. The molecule has 1 aliphatic carbocycles. The van der Waals surface area contributed by atoms with E-state index in [0.29, 0.717) is 23.0 Å². The van der Waals surface area contributed by atoms with Gasteiger partial charge in [0.1, 0.15) is 12.1 Å². The monoisotopic (exact) mass is 370 g/mol. The van der Waals surface area contributed by atoms with Gasteiger partial charge in [0.2, 0.25) is 0 Å². The predicted molar refractivity (Wildman–Crippen MR) is 101 cm³/mol. The fourth-order valence-corrected chi connectivity index (χ4v) is 3.93. The summed E-state index contributed by atoms with van der Waals surface area (Å²) in [5, 5.41) is 4.35. The average molecular weight is 370 g/mol. The second-order valence-electron chi connectivity index (χ2n) is 7.10. The maximum absolute atomic E-state index is 11.9. The molecule has 0 amide bonds. The topological polar surface area (TPSA) is 87.2 Å². The molecule has 0 spiro atoms. The Morgan fingerprint density at radius 1 is 1.27 bits per heavy atom. The zero-order chi connectivity index (χ0) is 18.5. The maximum Gasteiger partial charge on any atom is 0.254 e. The van der Waals surface area contributed by atoms with Crippen molar-refractivity contribution in [1.29, 1.82) is 4.78 Å². The molecule has 7 nitrogen and oxygen atoms in total. The number of anilines is 1. The summed E-state index contributed by atoms with van der Waals surface area (Å²) in [7, 11) is 1.32. The molecule has 0 radical (unpaired) electrons. The van der Waals surface area contributed by atoms with E-state index in [2.05, 4.69) is 15.0 Å². The van der Waals surface area contributed by atoms with Crippen LogP contribution in [0.5, 0.6) is 0 Å². The summed E-state index contributed by atoms with van der Waals surface area (Å²) in [5.41, 5.74) is 3.37. The largest absolute Gasteiger partial charge is 0.362 e. The second-order valence-corrected chi connectivity index (χ2v) is 9.26. The third kappa shape index (κ3) is 3.05. The summed E-state index contributed by atoms with van der Waals surface area (Å²) in [6.45, 7) is 0. The molecule has 1 aliphatic rings. The molecule has 8 heteroatoms. The van der Waals surface area contributed by atoms with Crippen molar-refractivity contribution in [2.75, 3.05) is 25.3 Å². The zero-order valence-electron chi connectivity index (χ0n) is 15.1. The Morgan fingerprint density at radius 3 is 2.54 bits per heavy atom. The summed E-state index contributed by atoms with van der Waals surface area (Å²) < 4.78 is 21.4. The highest BCUT2D eigenvalue weighted by Gasteiger charge is 2.31. The fraction of sp³-hybridized carbons (Fsp3) is 0.389. The molecule has 1 saturated carbocycles. The first-order valence-electron chi connectivity index (χ1n) is 8.57. The van der Waals surface area contributed by atoms with Crippen molar-refractivity contribution in [2.45, 2.75) is 30.1 Å². The molecule has 26 heavy (non-hydrogen) atoms. The molecular formula is C18H22N6OS. The van der Waals surface area contributed by atoms with E-state index in [-0.39, 0.29) is 0 Å². The molecule has 0 bridgehead atoms. The highest BCUT2D eigenvalue weighted by atomic mass is 32.2. The van der Waals surface area contributed by atoms with Crippen LogP contribution >= 0.6 is 0 Å². The Balaban J connectivity index is 1.82. The van der Waals surface area contributed by atoms with Crippen LogP contribution in [0.15, 0.2) is 35.5 Å². The van der Waals surface area contributed by atoms with Gasteiger partial charge in [-0.1, -0.05) is 12.1 Å². The van der Waals surface area contributed by atoms with Crippen molar-refractivity contribution in [2.24, 2.45) is 0 Å². The summed E-state index contributed by atoms with van der Waals surface area (Å²) >= 11 is 0. The first-order chi connectivity index (χ1) is 12.3. The van der Waals surface area contributed by atoms with Crippen LogP contribution in [0.4, 0.5) is 5.82 Å². The van der Waals surface area contributed by atoms with E-state index in [1.54, 1.807) is 16.6 Å². The van der Waals surface area contributed by atoms with Crippen molar-refractivity contribution >= 4 is 21.3 Å². The van der Waals surface area contributed by atoms with Gasteiger partial charge in [-0.05, 0) is 30.5 Å². The number of fused-ring (bicyclic) bond motifs is 1. The van der Waals surface area contributed by atoms with E-state index >= 15 is 0 Å². The van der Waals surface area contributed by atoms with Gasteiger partial charge < -0.3 is 4.90 Å². The maximum atomic E-state index is 11.9. The molecule has 0 saturated heterocycles. The molecule has 3 aromatic rings.